The average Bonchev–Trinajstić information content (AvgIpc) is 3.04. The van der Waals surface area contributed by atoms with E-state index in [4.69, 9.17) is 11.5 Å². The van der Waals surface area contributed by atoms with Crippen molar-refractivity contribution in [3.63, 3.8) is 0 Å². The molecule has 0 unspecified atom stereocenters. The highest BCUT2D eigenvalue weighted by atomic mass is 16.2. The Morgan fingerprint density at radius 2 is 0.952 bits per heavy atom. The Kier molecular flexibility index (Phi) is 16.2. The lowest BCUT2D eigenvalue weighted by Gasteiger charge is -2.26. The van der Waals surface area contributed by atoms with Gasteiger partial charge >= 0.3 is 0 Å². The SMILES string of the molecule is N[C@@H](CCCN1CCCCC1)C(=O)NCc1ccccc1.N[C@@H](CCCN1CCCCC1)C(=O)NCc1ccccc1. The molecule has 8 nitrogen and oxygen atoms in total. The van der Waals surface area contributed by atoms with Crippen molar-refractivity contribution < 1.29 is 9.59 Å². The number of amides is 2. The molecule has 2 heterocycles. The van der Waals surface area contributed by atoms with Crippen molar-refractivity contribution in [3.8, 4) is 0 Å². The first kappa shape index (κ1) is 33.7. The molecule has 2 atom stereocenters. The summed E-state index contributed by atoms with van der Waals surface area (Å²) in [6, 6.07) is 19.1. The van der Waals surface area contributed by atoms with Gasteiger partial charge in [0.25, 0.3) is 0 Å². The molecule has 2 aliphatic heterocycles. The van der Waals surface area contributed by atoms with E-state index in [2.05, 4.69) is 20.4 Å². The number of carbonyl (C=O) groups is 2. The normalized spacial score (nSPS) is 17.4. The van der Waals surface area contributed by atoms with Gasteiger partial charge in [-0.3, -0.25) is 9.59 Å². The summed E-state index contributed by atoms with van der Waals surface area (Å²) in [5.41, 5.74) is 14.1. The van der Waals surface area contributed by atoms with Crippen LogP contribution in [0.25, 0.3) is 0 Å². The molecule has 2 saturated heterocycles. The van der Waals surface area contributed by atoms with Gasteiger partial charge < -0.3 is 31.9 Å². The second-order valence-electron chi connectivity index (χ2n) is 11.7. The van der Waals surface area contributed by atoms with Crippen molar-refractivity contribution in [1.29, 1.82) is 0 Å². The minimum absolute atomic E-state index is 0.0440. The lowest BCUT2D eigenvalue weighted by atomic mass is 10.1. The second kappa shape index (κ2) is 20.2. The van der Waals surface area contributed by atoms with Crippen molar-refractivity contribution >= 4 is 11.8 Å². The van der Waals surface area contributed by atoms with Gasteiger partial charge in [0, 0.05) is 13.1 Å². The molecule has 8 heteroatoms. The number of piperidine rings is 2. The van der Waals surface area contributed by atoms with Crippen molar-refractivity contribution in [3.05, 3.63) is 71.8 Å². The summed E-state index contributed by atoms with van der Waals surface area (Å²) in [6.45, 7) is 8.06. The van der Waals surface area contributed by atoms with Crippen LogP contribution in [0.15, 0.2) is 60.7 Å². The molecule has 2 amide bonds. The van der Waals surface area contributed by atoms with E-state index in [1.165, 1.54) is 64.7 Å². The Morgan fingerprint density at radius 3 is 1.31 bits per heavy atom. The quantitative estimate of drug-likeness (QED) is 0.271. The van der Waals surface area contributed by atoms with Crippen LogP contribution in [0.3, 0.4) is 0 Å². The first-order valence-electron chi connectivity index (χ1n) is 16.1. The third kappa shape index (κ3) is 13.9. The van der Waals surface area contributed by atoms with Crippen LogP contribution < -0.4 is 22.1 Å². The lowest BCUT2D eigenvalue weighted by Crippen LogP contribution is -2.41. The number of nitrogens with two attached hydrogens (primary N) is 2. The molecule has 2 fully saturated rings. The van der Waals surface area contributed by atoms with Gasteiger partial charge in [-0.1, -0.05) is 73.5 Å². The summed E-state index contributed by atoms with van der Waals surface area (Å²) < 4.78 is 0. The topological polar surface area (TPSA) is 117 Å². The number of rotatable bonds is 14. The van der Waals surface area contributed by atoms with Crippen LogP contribution in [0.1, 0.15) is 75.3 Å². The van der Waals surface area contributed by atoms with Gasteiger partial charge in [-0.2, -0.15) is 0 Å². The first-order valence-corrected chi connectivity index (χ1v) is 16.1. The highest BCUT2D eigenvalue weighted by molar-refractivity contribution is 5.81. The van der Waals surface area contributed by atoms with Crippen LogP contribution in [0.4, 0.5) is 0 Å². The largest absolute Gasteiger partial charge is 0.351 e. The molecule has 2 aromatic rings. The zero-order chi connectivity index (χ0) is 29.8. The molecular weight excluding hydrogens is 524 g/mol. The van der Waals surface area contributed by atoms with Gasteiger partial charge in [0.1, 0.15) is 0 Å². The Bertz CT molecular complexity index is 912. The van der Waals surface area contributed by atoms with Crippen LogP contribution in [-0.2, 0) is 22.7 Å². The Morgan fingerprint density at radius 1 is 0.595 bits per heavy atom. The van der Waals surface area contributed by atoms with E-state index in [-0.39, 0.29) is 11.8 Å². The summed E-state index contributed by atoms with van der Waals surface area (Å²) >= 11 is 0. The molecule has 0 bridgehead atoms. The van der Waals surface area contributed by atoms with E-state index in [1.54, 1.807) is 0 Å². The smallest absolute Gasteiger partial charge is 0.237 e. The number of benzene rings is 2. The number of carbonyl (C=O) groups excluding carboxylic acids is 2. The molecule has 0 spiro atoms. The third-order valence-corrected chi connectivity index (χ3v) is 8.17. The fraction of sp³-hybridized carbons (Fsp3) is 0.588. The van der Waals surface area contributed by atoms with Gasteiger partial charge in [0.05, 0.1) is 12.1 Å². The highest BCUT2D eigenvalue weighted by Gasteiger charge is 2.16. The summed E-state index contributed by atoms with van der Waals surface area (Å²) in [5, 5.41) is 5.82. The molecule has 6 N–H and O–H groups in total. The van der Waals surface area contributed by atoms with Crippen LogP contribution in [0, 0.1) is 0 Å². The Hall–Kier alpha value is -2.78. The van der Waals surface area contributed by atoms with Crippen LogP contribution in [-0.4, -0.2) is 73.0 Å². The lowest BCUT2D eigenvalue weighted by molar-refractivity contribution is -0.123. The number of nitrogens with one attached hydrogen (secondary N) is 2. The molecule has 0 aliphatic carbocycles. The Balaban J connectivity index is 0.000000230. The zero-order valence-corrected chi connectivity index (χ0v) is 25.5. The van der Waals surface area contributed by atoms with E-state index in [1.807, 2.05) is 60.7 Å². The molecule has 0 radical (unpaired) electrons. The van der Waals surface area contributed by atoms with Crippen molar-refractivity contribution in [2.75, 3.05) is 39.3 Å². The molecular formula is C34H54N6O2. The molecule has 0 saturated carbocycles. The predicted molar refractivity (Wildman–Crippen MR) is 172 cm³/mol. The number of hydrogen-bond acceptors (Lipinski definition) is 6. The highest BCUT2D eigenvalue weighted by Crippen LogP contribution is 2.11. The summed E-state index contributed by atoms with van der Waals surface area (Å²) in [5.74, 6) is -0.0880. The van der Waals surface area contributed by atoms with E-state index in [0.29, 0.717) is 13.1 Å². The van der Waals surface area contributed by atoms with Crippen LogP contribution in [0.2, 0.25) is 0 Å². The number of likely N-dealkylation sites (tertiary alicyclic amines) is 2. The zero-order valence-electron chi connectivity index (χ0n) is 25.5. The maximum absolute atomic E-state index is 11.9. The van der Waals surface area contributed by atoms with Gasteiger partial charge in [0.15, 0.2) is 0 Å². The van der Waals surface area contributed by atoms with E-state index in [0.717, 1.165) is 49.9 Å². The maximum Gasteiger partial charge on any atom is 0.237 e. The summed E-state index contributed by atoms with van der Waals surface area (Å²) in [6.07, 6.45) is 11.5. The summed E-state index contributed by atoms with van der Waals surface area (Å²) in [7, 11) is 0. The maximum atomic E-state index is 11.9. The molecule has 2 aliphatic rings. The van der Waals surface area contributed by atoms with Crippen LogP contribution in [0.5, 0.6) is 0 Å². The van der Waals surface area contributed by atoms with Crippen molar-refractivity contribution in [1.82, 2.24) is 20.4 Å². The minimum Gasteiger partial charge on any atom is -0.351 e. The molecule has 4 rings (SSSR count). The molecule has 232 valence electrons. The number of hydrogen-bond donors (Lipinski definition) is 4. The minimum atomic E-state index is -0.390. The standard InChI is InChI=1S/2C17H27N3O/c2*18-16(10-7-13-20-11-5-2-6-12-20)17(21)19-14-15-8-3-1-4-9-15/h2*1,3-4,8-9,16H,2,5-7,10-14,18H2,(H,19,21)/t2*16-/m00/s1. The van der Waals surface area contributed by atoms with E-state index in [9.17, 15) is 9.59 Å². The van der Waals surface area contributed by atoms with Gasteiger partial charge in [-0.25, -0.2) is 0 Å². The third-order valence-electron chi connectivity index (χ3n) is 8.17. The van der Waals surface area contributed by atoms with Gasteiger partial charge in [0.2, 0.25) is 11.8 Å². The number of nitrogens with zero attached hydrogens (tertiary/aromatic N) is 2. The van der Waals surface area contributed by atoms with Crippen molar-refractivity contribution in [2.24, 2.45) is 11.5 Å². The Labute approximate surface area is 253 Å². The van der Waals surface area contributed by atoms with E-state index < -0.39 is 12.1 Å². The van der Waals surface area contributed by atoms with Crippen LogP contribution >= 0.6 is 0 Å². The molecule has 0 aromatic heterocycles. The molecule has 42 heavy (non-hydrogen) atoms. The van der Waals surface area contributed by atoms with Gasteiger partial charge in [-0.15, -0.1) is 0 Å². The monoisotopic (exact) mass is 578 g/mol. The second-order valence-corrected chi connectivity index (χ2v) is 11.7. The molecule has 2 aromatic carbocycles. The average molecular weight is 579 g/mol. The van der Waals surface area contributed by atoms with Gasteiger partial charge in [-0.05, 0) is 102 Å². The van der Waals surface area contributed by atoms with E-state index >= 15 is 0 Å². The fourth-order valence-corrected chi connectivity index (χ4v) is 5.53. The summed E-state index contributed by atoms with van der Waals surface area (Å²) in [4.78, 5) is 28.9. The fourth-order valence-electron chi connectivity index (χ4n) is 5.53. The van der Waals surface area contributed by atoms with Crippen molar-refractivity contribution in [2.45, 2.75) is 89.4 Å². The predicted octanol–water partition coefficient (Wildman–Crippen LogP) is 3.79. The first-order chi connectivity index (χ1) is 20.5.